The molecule has 0 aliphatic carbocycles. The van der Waals surface area contributed by atoms with Gasteiger partial charge in [-0.1, -0.05) is 6.07 Å². The number of hydrogen-bond donors (Lipinski definition) is 0. The first-order chi connectivity index (χ1) is 12.0. The van der Waals surface area contributed by atoms with E-state index >= 15 is 0 Å². The average Bonchev–Trinajstić information content (AvgIpc) is 2.59. The van der Waals surface area contributed by atoms with Crippen LogP contribution in [0.15, 0.2) is 47.3 Å². The second-order valence-electron chi connectivity index (χ2n) is 5.66. The molecule has 0 radical (unpaired) electrons. The Morgan fingerprint density at radius 1 is 1.16 bits per heavy atom. The smallest absolute Gasteiger partial charge is 0.258 e. The largest absolute Gasteiger partial charge is 0.493 e. The molecular formula is C19H18N2O4. The minimum atomic E-state index is -0.152. The normalized spacial score (nSPS) is 10.7. The summed E-state index contributed by atoms with van der Waals surface area (Å²) in [5.74, 6) is 0.893. The van der Waals surface area contributed by atoms with Crippen molar-refractivity contribution in [3.05, 3.63) is 69.8 Å². The molecule has 0 aliphatic rings. The Morgan fingerprint density at radius 2 is 1.96 bits per heavy atom. The highest BCUT2D eigenvalue weighted by Gasteiger charge is 2.10. The second kappa shape index (κ2) is 6.76. The van der Waals surface area contributed by atoms with Gasteiger partial charge in [-0.25, -0.2) is 4.98 Å². The Kier molecular flexibility index (Phi) is 4.52. The summed E-state index contributed by atoms with van der Waals surface area (Å²) in [5.41, 5.74) is 2.31. The number of pyridine rings is 1. The summed E-state index contributed by atoms with van der Waals surface area (Å²) < 4.78 is 12.6. The van der Waals surface area contributed by atoms with Crippen molar-refractivity contribution in [2.24, 2.45) is 0 Å². The van der Waals surface area contributed by atoms with Crippen LogP contribution >= 0.6 is 0 Å². The maximum absolute atomic E-state index is 12.3. The maximum atomic E-state index is 12.3. The van der Waals surface area contributed by atoms with E-state index in [0.29, 0.717) is 28.4 Å². The lowest BCUT2D eigenvalue weighted by Crippen LogP contribution is -2.18. The Balaban J connectivity index is 1.88. The van der Waals surface area contributed by atoms with Crippen LogP contribution < -0.4 is 15.0 Å². The van der Waals surface area contributed by atoms with E-state index in [0.717, 1.165) is 5.69 Å². The molecular weight excluding hydrogens is 320 g/mol. The van der Waals surface area contributed by atoms with Crippen molar-refractivity contribution >= 4 is 11.4 Å². The molecule has 3 rings (SSSR count). The van der Waals surface area contributed by atoms with E-state index in [2.05, 4.69) is 4.98 Å². The third kappa shape index (κ3) is 3.38. The topological polar surface area (TPSA) is 69.9 Å². The minimum absolute atomic E-state index is 0.0514. The zero-order chi connectivity index (χ0) is 18.0. The summed E-state index contributed by atoms with van der Waals surface area (Å²) in [4.78, 5) is 28.2. The van der Waals surface area contributed by atoms with E-state index in [1.54, 1.807) is 28.7 Å². The van der Waals surface area contributed by atoms with Crippen molar-refractivity contribution in [3.63, 3.8) is 0 Å². The monoisotopic (exact) mass is 338 g/mol. The average molecular weight is 338 g/mol. The minimum Gasteiger partial charge on any atom is -0.493 e. The van der Waals surface area contributed by atoms with Crippen LogP contribution in [0.2, 0.25) is 0 Å². The van der Waals surface area contributed by atoms with E-state index < -0.39 is 0 Å². The quantitative estimate of drug-likeness (QED) is 0.669. The van der Waals surface area contributed by atoms with E-state index in [4.69, 9.17) is 9.47 Å². The highest BCUT2D eigenvalue weighted by molar-refractivity contribution is 5.94. The summed E-state index contributed by atoms with van der Waals surface area (Å²) >= 11 is 0. The van der Waals surface area contributed by atoms with Crippen molar-refractivity contribution in [2.75, 3.05) is 7.11 Å². The lowest BCUT2D eigenvalue weighted by molar-refractivity contribution is 0.101. The van der Waals surface area contributed by atoms with Gasteiger partial charge in [-0.05, 0) is 44.2 Å². The summed E-state index contributed by atoms with van der Waals surface area (Å²) in [6.45, 7) is 3.47. The molecule has 0 spiro atoms. The number of methoxy groups -OCH3 is 1. The molecule has 128 valence electrons. The van der Waals surface area contributed by atoms with Crippen LogP contribution in [0.1, 0.15) is 28.7 Å². The molecule has 6 heteroatoms. The van der Waals surface area contributed by atoms with Gasteiger partial charge < -0.3 is 9.47 Å². The predicted octanol–water partition coefficient (Wildman–Crippen LogP) is 2.79. The molecule has 25 heavy (non-hydrogen) atoms. The number of aromatic nitrogens is 2. The molecule has 2 heterocycles. The summed E-state index contributed by atoms with van der Waals surface area (Å²) in [6.07, 6.45) is 0. The lowest BCUT2D eigenvalue weighted by Gasteiger charge is -2.12. The van der Waals surface area contributed by atoms with Gasteiger partial charge in [0.1, 0.15) is 12.3 Å². The van der Waals surface area contributed by atoms with Gasteiger partial charge >= 0.3 is 0 Å². The summed E-state index contributed by atoms with van der Waals surface area (Å²) in [6, 6.07) is 11.9. The molecule has 0 unspecified atom stereocenters. The molecule has 3 aromatic rings. The van der Waals surface area contributed by atoms with Crippen molar-refractivity contribution in [1.82, 2.24) is 9.38 Å². The molecule has 0 N–H and O–H groups in total. The maximum Gasteiger partial charge on any atom is 0.258 e. The highest BCUT2D eigenvalue weighted by Crippen LogP contribution is 2.28. The fraction of sp³-hybridized carbons (Fsp3) is 0.211. The standard InChI is InChI=1S/C19H18N2O4/c1-12-5-4-6-18-20-15(10-19(23)21(12)18)11-25-16-8-7-14(13(2)22)9-17(16)24-3/h4-10H,11H2,1-3H3. The third-order valence-electron chi connectivity index (χ3n) is 3.88. The Morgan fingerprint density at radius 3 is 2.68 bits per heavy atom. The van der Waals surface area contributed by atoms with Gasteiger partial charge in [-0.3, -0.25) is 14.0 Å². The predicted molar refractivity (Wildman–Crippen MR) is 93.5 cm³/mol. The fourth-order valence-corrected chi connectivity index (χ4v) is 2.60. The van der Waals surface area contributed by atoms with Gasteiger partial charge in [-0.2, -0.15) is 0 Å². The number of nitrogens with zero attached hydrogens (tertiary/aromatic N) is 2. The molecule has 0 saturated heterocycles. The number of hydrogen-bond acceptors (Lipinski definition) is 5. The first-order valence-electron chi connectivity index (χ1n) is 7.79. The number of rotatable bonds is 5. The first-order valence-corrected chi connectivity index (χ1v) is 7.79. The van der Waals surface area contributed by atoms with Gasteiger partial charge in [0.25, 0.3) is 5.56 Å². The van der Waals surface area contributed by atoms with Crippen LogP contribution in [0.25, 0.3) is 5.65 Å². The van der Waals surface area contributed by atoms with Crippen LogP contribution in [0, 0.1) is 6.92 Å². The van der Waals surface area contributed by atoms with Gasteiger partial charge in [0.2, 0.25) is 0 Å². The van der Waals surface area contributed by atoms with Gasteiger partial charge in [0.15, 0.2) is 17.3 Å². The molecule has 0 aliphatic heterocycles. The lowest BCUT2D eigenvalue weighted by atomic mass is 10.1. The van der Waals surface area contributed by atoms with Crippen molar-refractivity contribution in [3.8, 4) is 11.5 Å². The first kappa shape index (κ1) is 16.7. The molecule has 0 atom stereocenters. The van der Waals surface area contributed by atoms with Gasteiger partial charge in [0.05, 0.1) is 12.8 Å². The van der Waals surface area contributed by atoms with Gasteiger partial charge in [-0.15, -0.1) is 0 Å². The number of aryl methyl sites for hydroxylation is 1. The number of benzene rings is 1. The third-order valence-corrected chi connectivity index (χ3v) is 3.88. The van der Waals surface area contributed by atoms with E-state index in [-0.39, 0.29) is 17.9 Å². The van der Waals surface area contributed by atoms with Crippen LogP contribution in [-0.4, -0.2) is 22.3 Å². The number of ether oxygens (including phenoxy) is 2. The van der Waals surface area contributed by atoms with Crippen LogP contribution in [0.4, 0.5) is 0 Å². The van der Waals surface area contributed by atoms with Crippen molar-refractivity contribution in [1.29, 1.82) is 0 Å². The molecule has 0 amide bonds. The summed E-state index contributed by atoms with van der Waals surface area (Å²) in [7, 11) is 1.51. The SMILES string of the molecule is COc1cc(C(C)=O)ccc1OCc1cc(=O)n2c(C)cccc2n1. The Bertz CT molecular complexity index is 1010. The number of carbonyl (C=O) groups excluding carboxylic acids is 1. The summed E-state index contributed by atoms with van der Waals surface area (Å²) in [5, 5.41) is 0. The van der Waals surface area contributed by atoms with E-state index in [9.17, 15) is 9.59 Å². The van der Waals surface area contributed by atoms with E-state index in [1.807, 2.05) is 19.1 Å². The van der Waals surface area contributed by atoms with Crippen LogP contribution in [0.3, 0.4) is 0 Å². The molecule has 0 fully saturated rings. The Hall–Kier alpha value is -3.15. The van der Waals surface area contributed by atoms with E-state index in [1.165, 1.54) is 20.1 Å². The molecule has 0 bridgehead atoms. The van der Waals surface area contributed by atoms with Crippen molar-refractivity contribution < 1.29 is 14.3 Å². The second-order valence-corrected chi connectivity index (χ2v) is 5.66. The number of carbonyl (C=O) groups is 1. The van der Waals surface area contributed by atoms with Crippen LogP contribution in [0.5, 0.6) is 11.5 Å². The van der Waals surface area contributed by atoms with Crippen LogP contribution in [-0.2, 0) is 6.61 Å². The zero-order valence-electron chi connectivity index (χ0n) is 14.3. The number of ketones is 1. The number of Topliss-reactive ketones (excluding diaryl/α,β-unsaturated/α-hetero) is 1. The molecule has 0 saturated carbocycles. The number of fused-ring (bicyclic) bond motifs is 1. The zero-order valence-corrected chi connectivity index (χ0v) is 14.3. The molecule has 1 aromatic carbocycles. The molecule has 2 aromatic heterocycles. The highest BCUT2D eigenvalue weighted by atomic mass is 16.5. The molecule has 6 nitrogen and oxygen atoms in total. The fourth-order valence-electron chi connectivity index (χ4n) is 2.60. The van der Waals surface area contributed by atoms with Crippen molar-refractivity contribution in [2.45, 2.75) is 20.5 Å². The Labute approximate surface area is 144 Å². The van der Waals surface area contributed by atoms with Gasteiger partial charge in [0, 0.05) is 17.3 Å².